The first-order valence-corrected chi connectivity index (χ1v) is 15.1. The predicted molar refractivity (Wildman–Crippen MR) is 151 cm³/mol. The lowest BCUT2D eigenvalue weighted by atomic mass is 10.1. The maximum atomic E-state index is 15.6. The fourth-order valence-electron chi connectivity index (χ4n) is 3.38. The number of thiazole rings is 1. The van der Waals surface area contributed by atoms with Crippen molar-refractivity contribution in [2.45, 2.75) is 64.2 Å². The van der Waals surface area contributed by atoms with E-state index in [0.29, 0.717) is 12.1 Å². The Morgan fingerprint density at radius 1 is 0.951 bits per heavy atom. The zero-order valence-corrected chi connectivity index (χ0v) is 26.1. The van der Waals surface area contributed by atoms with Crippen LogP contribution in [0.15, 0.2) is 50.6 Å². The van der Waals surface area contributed by atoms with Crippen molar-refractivity contribution in [2.24, 2.45) is 0 Å². The maximum Gasteiger partial charge on any atom is 0.430 e. The molecule has 0 atom stereocenters. The molecule has 0 fully saturated rings. The van der Waals surface area contributed by atoms with Crippen molar-refractivity contribution < 1.29 is 40.7 Å². The molecule has 2 amide bonds. The third-order valence-electron chi connectivity index (χ3n) is 4.97. The lowest BCUT2D eigenvalue weighted by Crippen LogP contribution is -2.42. The summed E-state index contributed by atoms with van der Waals surface area (Å²) < 4.78 is 83.7. The number of anilines is 2. The highest BCUT2D eigenvalue weighted by Crippen LogP contribution is 2.33. The number of rotatable bonds is 6. The Hall–Kier alpha value is -3.17. The molecular formula is C26H27BrF3N3O6S2. The summed E-state index contributed by atoms with van der Waals surface area (Å²) >= 11 is 4.13. The molecule has 0 aliphatic heterocycles. The summed E-state index contributed by atoms with van der Waals surface area (Å²) in [5.74, 6) is -4.42. The normalized spacial score (nSPS) is 12.1. The number of amides is 2. The highest BCUT2D eigenvalue weighted by atomic mass is 79.9. The first-order chi connectivity index (χ1) is 18.8. The van der Waals surface area contributed by atoms with Gasteiger partial charge in [0.05, 0.1) is 17.7 Å². The van der Waals surface area contributed by atoms with E-state index in [4.69, 9.17) is 9.47 Å². The fourth-order valence-corrected chi connectivity index (χ4v) is 5.81. The van der Waals surface area contributed by atoms with Crippen LogP contribution in [-0.2, 0) is 26.0 Å². The van der Waals surface area contributed by atoms with Crippen molar-refractivity contribution in [2.75, 3.05) is 9.21 Å². The van der Waals surface area contributed by atoms with Crippen molar-refractivity contribution in [3.8, 4) is 0 Å². The molecule has 0 spiro atoms. The summed E-state index contributed by atoms with van der Waals surface area (Å²) in [5, 5.41) is 1.18. The van der Waals surface area contributed by atoms with E-state index in [1.54, 1.807) is 20.8 Å². The zero-order chi connectivity index (χ0) is 30.9. The van der Waals surface area contributed by atoms with Crippen LogP contribution >= 0.6 is 27.3 Å². The van der Waals surface area contributed by atoms with Gasteiger partial charge < -0.3 is 9.47 Å². The van der Waals surface area contributed by atoms with E-state index >= 15 is 8.78 Å². The van der Waals surface area contributed by atoms with Gasteiger partial charge in [-0.1, -0.05) is 22.0 Å². The molecule has 3 aromatic rings. The van der Waals surface area contributed by atoms with Crippen molar-refractivity contribution in [1.29, 1.82) is 0 Å². The van der Waals surface area contributed by atoms with Crippen LogP contribution in [0.2, 0.25) is 0 Å². The van der Waals surface area contributed by atoms with E-state index < -0.39 is 73.8 Å². The number of ether oxygens (including phenoxy) is 2. The molecule has 0 saturated carbocycles. The highest BCUT2D eigenvalue weighted by molar-refractivity contribution is 9.10. The number of carbonyl (C=O) groups excluding carboxylic acids is 2. The third kappa shape index (κ3) is 7.77. The van der Waals surface area contributed by atoms with Gasteiger partial charge in [-0.3, -0.25) is 4.90 Å². The van der Waals surface area contributed by atoms with E-state index in [1.807, 2.05) is 0 Å². The van der Waals surface area contributed by atoms with Gasteiger partial charge in [-0.05, 0) is 65.8 Å². The molecule has 0 N–H and O–H groups in total. The lowest BCUT2D eigenvalue weighted by molar-refractivity contribution is 0.0573. The topological polar surface area (TPSA) is 106 Å². The minimum Gasteiger partial charge on any atom is -0.443 e. The van der Waals surface area contributed by atoms with Gasteiger partial charge in [0.15, 0.2) is 10.7 Å². The van der Waals surface area contributed by atoms with Crippen molar-refractivity contribution in [1.82, 2.24) is 4.98 Å². The van der Waals surface area contributed by atoms with E-state index in [9.17, 15) is 22.4 Å². The predicted octanol–water partition coefficient (Wildman–Crippen LogP) is 7.40. The van der Waals surface area contributed by atoms with E-state index in [2.05, 4.69) is 20.9 Å². The average Bonchev–Trinajstić information content (AvgIpc) is 3.29. The van der Waals surface area contributed by atoms with Crippen molar-refractivity contribution in [3.63, 3.8) is 0 Å². The molecule has 0 radical (unpaired) electrons. The Morgan fingerprint density at radius 3 is 2.00 bits per heavy atom. The Morgan fingerprint density at radius 2 is 1.51 bits per heavy atom. The van der Waals surface area contributed by atoms with E-state index in [-0.39, 0.29) is 14.3 Å². The lowest BCUT2D eigenvalue weighted by Gasteiger charge is -2.28. The van der Waals surface area contributed by atoms with Crippen LogP contribution < -0.4 is 9.21 Å². The van der Waals surface area contributed by atoms with Gasteiger partial charge in [0, 0.05) is 15.4 Å². The Labute approximate surface area is 248 Å². The molecule has 222 valence electrons. The summed E-state index contributed by atoms with van der Waals surface area (Å²) in [5.41, 5.74) is -1.48. The van der Waals surface area contributed by atoms with Gasteiger partial charge in [0.1, 0.15) is 28.7 Å². The number of hydrogen-bond acceptors (Lipinski definition) is 8. The average molecular weight is 679 g/mol. The molecule has 0 saturated heterocycles. The summed E-state index contributed by atoms with van der Waals surface area (Å²) in [4.78, 5) is 29.1. The van der Waals surface area contributed by atoms with Crippen LogP contribution in [0.5, 0.6) is 0 Å². The standard InChI is InChI=1S/C26H27BrF3N3O6S2/c1-25(2,3)38-23(34)32(12-16-17(27)8-7-9-18(16)28)15-10-19(29)22(20(30)11-15)41(36,37)33(21-13-40-14-31-21)24(35)39-26(4,5)6/h7-11,13-14H,12H2,1-6H3. The van der Waals surface area contributed by atoms with Crippen LogP contribution in [0, 0.1) is 17.5 Å². The molecule has 0 aliphatic rings. The number of aromatic nitrogens is 1. The minimum atomic E-state index is -5.27. The molecule has 1 heterocycles. The molecule has 15 heteroatoms. The summed E-state index contributed by atoms with van der Waals surface area (Å²) in [6, 6.07) is 5.20. The molecule has 41 heavy (non-hydrogen) atoms. The molecule has 0 aliphatic carbocycles. The Balaban J connectivity index is 2.15. The number of benzene rings is 2. The number of sulfonamides is 1. The Bertz CT molecular complexity index is 1510. The van der Waals surface area contributed by atoms with Crippen LogP contribution in [0.1, 0.15) is 47.1 Å². The largest absolute Gasteiger partial charge is 0.443 e. The van der Waals surface area contributed by atoms with Gasteiger partial charge in [-0.25, -0.2) is 36.2 Å². The number of hydrogen-bond donors (Lipinski definition) is 0. The SMILES string of the molecule is CC(C)(C)OC(=O)N(Cc1c(F)cccc1Br)c1cc(F)c(S(=O)(=O)N(C(=O)OC(C)(C)C)c2cscn2)c(F)c1. The van der Waals surface area contributed by atoms with Crippen molar-refractivity contribution in [3.05, 3.63) is 68.7 Å². The van der Waals surface area contributed by atoms with Crippen LogP contribution in [-0.4, -0.2) is 36.8 Å². The summed E-state index contributed by atoms with van der Waals surface area (Å²) in [6.07, 6.45) is -2.52. The first-order valence-electron chi connectivity index (χ1n) is 11.9. The van der Waals surface area contributed by atoms with Crippen LogP contribution in [0.25, 0.3) is 0 Å². The van der Waals surface area contributed by atoms with Gasteiger partial charge in [-0.15, -0.1) is 15.6 Å². The van der Waals surface area contributed by atoms with Crippen molar-refractivity contribution >= 4 is 61.0 Å². The monoisotopic (exact) mass is 677 g/mol. The van der Waals surface area contributed by atoms with Gasteiger partial charge >= 0.3 is 12.2 Å². The summed E-state index contributed by atoms with van der Waals surface area (Å²) in [7, 11) is -5.27. The smallest absolute Gasteiger partial charge is 0.430 e. The third-order valence-corrected chi connectivity index (χ3v) is 8.01. The number of halogens is 4. The molecule has 1 aromatic heterocycles. The molecule has 2 aromatic carbocycles. The minimum absolute atomic E-state index is 0.0319. The molecular weight excluding hydrogens is 651 g/mol. The Kier molecular flexibility index (Phi) is 9.45. The second kappa shape index (κ2) is 12.0. The van der Waals surface area contributed by atoms with Gasteiger partial charge in [-0.2, -0.15) is 0 Å². The quantitative estimate of drug-likeness (QED) is 0.268. The van der Waals surface area contributed by atoms with Crippen LogP contribution in [0.4, 0.5) is 34.3 Å². The fraction of sp³-hybridized carbons (Fsp3) is 0.346. The number of carbonyl (C=O) groups is 2. The first kappa shape index (κ1) is 32.3. The zero-order valence-electron chi connectivity index (χ0n) is 22.9. The summed E-state index contributed by atoms with van der Waals surface area (Å²) in [6.45, 7) is 8.58. The number of nitrogens with zero attached hydrogens (tertiary/aromatic N) is 3. The second-order valence-electron chi connectivity index (χ2n) is 10.6. The second-order valence-corrected chi connectivity index (χ2v) is 13.9. The maximum absolute atomic E-state index is 15.6. The molecule has 0 unspecified atom stereocenters. The van der Waals surface area contributed by atoms with E-state index in [1.165, 1.54) is 43.8 Å². The molecule has 0 bridgehead atoms. The van der Waals surface area contributed by atoms with E-state index in [0.717, 1.165) is 22.3 Å². The molecule has 3 rings (SSSR count). The highest BCUT2D eigenvalue weighted by Gasteiger charge is 2.40. The molecule has 9 nitrogen and oxygen atoms in total. The van der Waals surface area contributed by atoms with Crippen LogP contribution in [0.3, 0.4) is 0 Å². The van der Waals surface area contributed by atoms with Gasteiger partial charge in [0.25, 0.3) is 10.0 Å². The van der Waals surface area contributed by atoms with Gasteiger partial charge in [0.2, 0.25) is 0 Å².